The number of nitrogens with zero attached hydrogens (tertiary/aromatic N) is 5. The van der Waals surface area contributed by atoms with Gasteiger partial charge >= 0.3 is 0 Å². The van der Waals surface area contributed by atoms with E-state index in [4.69, 9.17) is 0 Å². The Balaban J connectivity index is 2.05. The average Bonchev–Trinajstić information content (AvgIpc) is 3.01. The first-order chi connectivity index (χ1) is 11.2. The van der Waals surface area contributed by atoms with Crippen molar-refractivity contribution in [1.29, 1.82) is 0 Å². The highest BCUT2D eigenvalue weighted by molar-refractivity contribution is 7.99. The van der Waals surface area contributed by atoms with Crippen molar-refractivity contribution in [2.24, 2.45) is 0 Å². The van der Waals surface area contributed by atoms with Gasteiger partial charge < -0.3 is 10.0 Å². The van der Waals surface area contributed by atoms with E-state index in [2.05, 4.69) is 28.7 Å². The van der Waals surface area contributed by atoms with Gasteiger partial charge in [-0.25, -0.2) is 0 Å². The summed E-state index contributed by atoms with van der Waals surface area (Å²) in [6.45, 7) is 8.22. The molecule has 0 saturated heterocycles. The maximum Gasteiger partial charge on any atom is 0.233 e. The number of thioether (sulfide) groups is 1. The maximum atomic E-state index is 12.2. The van der Waals surface area contributed by atoms with Crippen molar-refractivity contribution < 1.29 is 9.90 Å². The van der Waals surface area contributed by atoms with Gasteiger partial charge in [0.1, 0.15) is 5.75 Å². The summed E-state index contributed by atoms with van der Waals surface area (Å²) in [5, 5.41) is 21.3. The number of phenolic OH excluding ortho intramolecular Hbond substituents is 1. The first-order valence-electron chi connectivity index (χ1n) is 6.86. The fourth-order valence-electron chi connectivity index (χ4n) is 1.83. The number of hydrogen-bond acceptors (Lipinski definition) is 6. The van der Waals surface area contributed by atoms with E-state index in [1.165, 1.54) is 16.4 Å². The molecule has 1 aromatic carbocycles. The Bertz CT molecular complexity index is 673. The van der Waals surface area contributed by atoms with Crippen LogP contribution in [0.25, 0.3) is 5.69 Å². The van der Waals surface area contributed by atoms with Gasteiger partial charge in [0.15, 0.2) is 0 Å². The Labute approximate surface area is 138 Å². The zero-order chi connectivity index (χ0) is 16.7. The zero-order valence-electron chi connectivity index (χ0n) is 12.5. The topological polar surface area (TPSA) is 84.1 Å². The number of tetrazole rings is 1. The first-order valence-corrected chi connectivity index (χ1v) is 7.84. The van der Waals surface area contributed by atoms with Gasteiger partial charge in [-0.2, -0.15) is 4.68 Å². The molecule has 1 heterocycles. The second-order valence-electron chi connectivity index (χ2n) is 4.55. The van der Waals surface area contributed by atoms with E-state index in [1.807, 2.05) is 0 Å². The molecule has 1 N–H and O–H groups in total. The molecule has 0 radical (unpaired) electrons. The minimum Gasteiger partial charge on any atom is -0.508 e. The molecule has 7 nitrogen and oxygen atoms in total. The van der Waals surface area contributed by atoms with Crippen molar-refractivity contribution >= 4 is 17.7 Å². The molecule has 0 fully saturated rings. The third kappa shape index (κ3) is 4.43. The van der Waals surface area contributed by atoms with E-state index in [1.54, 1.807) is 41.3 Å². The number of rotatable bonds is 8. The van der Waals surface area contributed by atoms with Crippen LogP contribution in [-0.4, -0.2) is 55.0 Å². The van der Waals surface area contributed by atoms with Crippen molar-refractivity contribution in [3.05, 3.63) is 49.6 Å². The quantitative estimate of drug-likeness (QED) is 0.585. The number of amides is 1. The summed E-state index contributed by atoms with van der Waals surface area (Å²) in [4.78, 5) is 13.8. The lowest BCUT2D eigenvalue weighted by Gasteiger charge is -2.18. The Morgan fingerprint density at radius 1 is 1.26 bits per heavy atom. The second-order valence-corrected chi connectivity index (χ2v) is 5.50. The normalized spacial score (nSPS) is 10.3. The maximum absolute atomic E-state index is 12.2. The Morgan fingerprint density at radius 2 is 1.91 bits per heavy atom. The predicted molar refractivity (Wildman–Crippen MR) is 88.5 cm³/mol. The number of carbonyl (C=O) groups excluding carboxylic acids is 1. The third-order valence-electron chi connectivity index (χ3n) is 2.91. The minimum atomic E-state index is -0.0462. The van der Waals surface area contributed by atoms with Crippen LogP contribution in [0, 0.1) is 0 Å². The standard InChI is InChI=1S/C15H17N5O2S/c1-3-9-19(10-4-2)14(22)11-23-15-16-17-18-20(15)12-5-7-13(21)8-6-12/h3-8,21H,1-2,9-11H2. The summed E-state index contributed by atoms with van der Waals surface area (Å²) >= 11 is 1.25. The summed E-state index contributed by atoms with van der Waals surface area (Å²) < 4.78 is 1.52. The molecule has 1 amide bonds. The van der Waals surface area contributed by atoms with Crippen LogP contribution in [0.3, 0.4) is 0 Å². The molecule has 0 atom stereocenters. The van der Waals surface area contributed by atoms with E-state index in [0.29, 0.717) is 23.9 Å². The number of aromatic nitrogens is 4. The number of hydrogen-bond donors (Lipinski definition) is 1. The van der Waals surface area contributed by atoms with Gasteiger partial charge in [-0.05, 0) is 34.7 Å². The largest absolute Gasteiger partial charge is 0.508 e. The minimum absolute atomic E-state index is 0.0462. The van der Waals surface area contributed by atoms with Crippen LogP contribution in [0.1, 0.15) is 0 Å². The van der Waals surface area contributed by atoms with Gasteiger partial charge in [0.25, 0.3) is 0 Å². The van der Waals surface area contributed by atoms with Crippen LogP contribution in [0.5, 0.6) is 5.75 Å². The van der Waals surface area contributed by atoms with Gasteiger partial charge in [-0.15, -0.1) is 18.3 Å². The van der Waals surface area contributed by atoms with Gasteiger partial charge in [0.2, 0.25) is 11.1 Å². The van der Waals surface area contributed by atoms with Crippen molar-refractivity contribution in [3.63, 3.8) is 0 Å². The Kier molecular flexibility index (Phi) is 5.93. The first kappa shape index (κ1) is 16.8. The molecule has 2 aromatic rings. The molecule has 2 rings (SSSR count). The lowest BCUT2D eigenvalue weighted by Crippen LogP contribution is -2.32. The molecule has 0 aliphatic heterocycles. The van der Waals surface area contributed by atoms with E-state index in [0.717, 1.165) is 0 Å². The predicted octanol–water partition coefficient (Wildman–Crippen LogP) is 1.66. The highest BCUT2D eigenvalue weighted by atomic mass is 32.2. The van der Waals surface area contributed by atoms with Crippen LogP contribution in [0.2, 0.25) is 0 Å². The van der Waals surface area contributed by atoms with Crippen LogP contribution in [-0.2, 0) is 4.79 Å². The summed E-state index contributed by atoms with van der Waals surface area (Å²) in [6, 6.07) is 6.48. The van der Waals surface area contributed by atoms with E-state index < -0.39 is 0 Å². The monoisotopic (exact) mass is 331 g/mol. The van der Waals surface area contributed by atoms with Gasteiger partial charge in [-0.3, -0.25) is 4.79 Å². The second kappa shape index (κ2) is 8.14. The third-order valence-corrected chi connectivity index (χ3v) is 3.82. The number of aromatic hydroxyl groups is 1. The molecule has 8 heteroatoms. The molecule has 120 valence electrons. The molecule has 0 spiro atoms. The molecule has 1 aromatic heterocycles. The average molecular weight is 331 g/mol. The highest BCUT2D eigenvalue weighted by Crippen LogP contribution is 2.20. The number of phenols is 1. The fourth-order valence-corrected chi connectivity index (χ4v) is 2.63. The summed E-state index contributed by atoms with van der Waals surface area (Å²) in [7, 11) is 0. The molecule has 23 heavy (non-hydrogen) atoms. The van der Waals surface area contributed by atoms with Crippen LogP contribution >= 0.6 is 11.8 Å². The Morgan fingerprint density at radius 3 is 2.52 bits per heavy atom. The number of benzene rings is 1. The van der Waals surface area contributed by atoms with E-state index >= 15 is 0 Å². The zero-order valence-corrected chi connectivity index (χ0v) is 13.3. The Hall–Kier alpha value is -2.61. The lowest BCUT2D eigenvalue weighted by molar-refractivity contribution is -0.127. The van der Waals surface area contributed by atoms with Gasteiger partial charge in [0.05, 0.1) is 11.4 Å². The molecule has 0 aliphatic carbocycles. The van der Waals surface area contributed by atoms with Crippen molar-refractivity contribution in [2.45, 2.75) is 5.16 Å². The van der Waals surface area contributed by atoms with E-state index in [-0.39, 0.29) is 17.4 Å². The van der Waals surface area contributed by atoms with Crippen molar-refractivity contribution in [3.8, 4) is 11.4 Å². The van der Waals surface area contributed by atoms with Crippen molar-refractivity contribution in [1.82, 2.24) is 25.1 Å². The molecule has 0 bridgehead atoms. The lowest BCUT2D eigenvalue weighted by atomic mass is 10.3. The van der Waals surface area contributed by atoms with Crippen molar-refractivity contribution in [2.75, 3.05) is 18.8 Å². The van der Waals surface area contributed by atoms with Gasteiger partial charge in [-0.1, -0.05) is 23.9 Å². The SMILES string of the molecule is C=CCN(CC=C)C(=O)CSc1nnnn1-c1ccc(O)cc1. The fraction of sp³-hybridized carbons (Fsp3) is 0.200. The summed E-state index contributed by atoms with van der Waals surface area (Å²) in [5.74, 6) is 0.325. The van der Waals surface area contributed by atoms with Crippen LogP contribution in [0.4, 0.5) is 0 Å². The summed E-state index contributed by atoms with van der Waals surface area (Å²) in [5.41, 5.74) is 0.705. The molecule has 0 aliphatic rings. The van der Waals surface area contributed by atoms with Crippen LogP contribution < -0.4 is 0 Å². The molecular formula is C15H17N5O2S. The number of carbonyl (C=O) groups is 1. The smallest absolute Gasteiger partial charge is 0.233 e. The van der Waals surface area contributed by atoms with E-state index in [9.17, 15) is 9.90 Å². The van der Waals surface area contributed by atoms with Gasteiger partial charge in [0, 0.05) is 13.1 Å². The van der Waals surface area contributed by atoms with Crippen LogP contribution in [0.15, 0.2) is 54.7 Å². The summed E-state index contributed by atoms with van der Waals surface area (Å²) in [6.07, 6.45) is 3.35. The highest BCUT2D eigenvalue weighted by Gasteiger charge is 2.15. The molecule has 0 unspecified atom stereocenters. The molecular weight excluding hydrogens is 314 g/mol. The molecule has 0 saturated carbocycles.